The molecule has 6 heteroatoms. The topological polar surface area (TPSA) is 63.2 Å². The molecule has 1 N–H and O–H groups in total. The van der Waals surface area contributed by atoms with Crippen molar-refractivity contribution in [2.45, 2.75) is 17.2 Å². The molecule has 2 aliphatic rings. The summed E-state index contributed by atoms with van der Waals surface area (Å²) in [4.78, 5) is 12.5. The molecule has 2 aromatic rings. The van der Waals surface area contributed by atoms with E-state index in [9.17, 15) is 17.6 Å². The zero-order valence-corrected chi connectivity index (χ0v) is 13.4. The van der Waals surface area contributed by atoms with Crippen molar-refractivity contribution in [2.75, 3.05) is 5.32 Å². The fourth-order valence-electron chi connectivity index (χ4n) is 3.06. The average Bonchev–Trinajstić information content (AvgIpc) is 3.29. The van der Waals surface area contributed by atoms with Gasteiger partial charge in [-0.3, -0.25) is 4.79 Å². The number of halogens is 1. The Morgan fingerprint density at radius 2 is 2.00 bits per heavy atom. The van der Waals surface area contributed by atoms with E-state index >= 15 is 0 Å². The maximum atomic E-state index is 13.3. The van der Waals surface area contributed by atoms with Crippen molar-refractivity contribution in [3.8, 4) is 0 Å². The third kappa shape index (κ3) is 2.63. The van der Waals surface area contributed by atoms with Crippen LogP contribution in [0.2, 0.25) is 0 Å². The maximum Gasteiger partial charge on any atom is 0.228 e. The second kappa shape index (κ2) is 5.27. The van der Waals surface area contributed by atoms with Gasteiger partial charge in [0.15, 0.2) is 0 Å². The molecule has 2 aromatic carbocycles. The zero-order valence-electron chi connectivity index (χ0n) is 12.6. The molecular formula is C18H14FNO3S. The molecule has 1 heterocycles. The molecule has 0 radical (unpaired) electrons. The van der Waals surface area contributed by atoms with E-state index in [1.807, 2.05) is 6.07 Å². The third-order valence-corrected chi connectivity index (χ3v) is 5.88. The van der Waals surface area contributed by atoms with Gasteiger partial charge in [-0.05, 0) is 53.8 Å². The minimum atomic E-state index is -3.40. The molecular weight excluding hydrogens is 329 g/mol. The predicted octanol–water partition coefficient (Wildman–Crippen LogP) is 3.33. The number of benzene rings is 2. The van der Waals surface area contributed by atoms with Gasteiger partial charge in [0.1, 0.15) is 5.82 Å². The average molecular weight is 343 g/mol. The second-order valence-electron chi connectivity index (χ2n) is 6.09. The Morgan fingerprint density at radius 1 is 1.17 bits per heavy atom. The zero-order chi connectivity index (χ0) is 16.9. The molecule has 2 atom stereocenters. The number of carbonyl (C=O) groups is 1. The van der Waals surface area contributed by atoms with Crippen LogP contribution in [0.4, 0.5) is 10.1 Å². The van der Waals surface area contributed by atoms with E-state index in [0.717, 1.165) is 11.0 Å². The highest BCUT2D eigenvalue weighted by molar-refractivity contribution is 7.94. The van der Waals surface area contributed by atoms with Gasteiger partial charge in [0, 0.05) is 17.0 Å². The molecule has 4 nitrogen and oxygen atoms in total. The normalized spacial score (nSPS) is 22.9. The van der Waals surface area contributed by atoms with E-state index < -0.39 is 9.84 Å². The monoisotopic (exact) mass is 343 g/mol. The molecule has 0 spiro atoms. The Bertz CT molecular complexity index is 982. The van der Waals surface area contributed by atoms with Gasteiger partial charge in [-0.25, -0.2) is 12.8 Å². The highest BCUT2D eigenvalue weighted by Crippen LogP contribution is 2.48. The second-order valence-corrected chi connectivity index (χ2v) is 7.90. The number of fused-ring (bicyclic) bond motifs is 1. The lowest BCUT2D eigenvalue weighted by molar-refractivity contribution is -0.117. The molecule has 0 bridgehead atoms. The third-order valence-electron chi connectivity index (χ3n) is 4.42. The Hall–Kier alpha value is -2.47. The molecule has 122 valence electrons. The first-order valence-electron chi connectivity index (χ1n) is 7.57. The summed E-state index contributed by atoms with van der Waals surface area (Å²) in [5, 5.41) is 3.92. The highest BCUT2D eigenvalue weighted by Gasteiger charge is 2.44. The van der Waals surface area contributed by atoms with Crippen LogP contribution in [0.3, 0.4) is 0 Å². The van der Waals surface area contributed by atoms with Gasteiger partial charge < -0.3 is 5.32 Å². The van der Waals surface area contributed by atoms with Gasteiger partial charge in [-0.1, -0.05) is 18.2 Å². The van der Waals surface area contributed by atoms with Crippen LogP contribution in [0.15, 0.2) is 52.8 Å². The Balaban J connectivity index is 1.49. The molecule has 0 aromatic heterocycles. The van der Waals surface area contributed by atoms with Crippen molar-refractivity contribution in [1.29, 1.82) is 0 Å². The first-order chi connectivity index (χ1) is 11.4. The molecule has 24 heavy (non-hydrogen) atoms. The summed E-state index contributed by atoms with van der Waals surface area (Å²) in [6, 6.07) is 11.1. The van der Waals surface area contributed by atoms with Gasteiger partial charge in [0.05, 0.1) is 4.90 Å². The van der Waals surface area contributed by atoms with E-state index in [-0.39, 0.29) is 28.5 Å². The van der Waals surface area contributed by atoms with Gasteiger partial charge in [-0.15, -0.1) is 0 Å². The molecule has 0 unspecified atom stereocenters. The largest absolute Gasteiger partial charge is 0.326 e. The minimum Gasteiger partial charge on any atom is -0.326 e. The number of sulfone groups is 1. The Labute approximate surface area is 138 Å². The van der Waals surface area contributed by atoms with Gasteiger partial charge in [0.25, 0.3) is 0 Å². The summed E-state index contributed by atoms with van der Waals surface area (Å²) >= 11 is 0. The van der Waals surface area contributed by atoms with Gasteiger partial charge in [-0.2, -0.15) is 0 Å². The van der Waals surface area contributed by atoms with E-state index in [0.29, 0.717) is 17.7 Å². The fourth-order valence-corrected chi connectivity index (χ4v) is 4.29. The molecule has 1 aliphatic heterocycles. The molecule has 1 saturated carbocycles. The lowest BCUT2D eigenvalue weighted by Crippen LogP contribution is -2.15. The number of nitrogens with one attached hydrogen (secondary N) is 1. The van der Waals surface area contributed by atoms with Gasteiger partial charge >= 0.3 is 0 Å². The summed E-state index contributed by atoms with van der Waals surface area (Å²) in [5.74, 6) is -0.683. The Morgan fingerprint density at radius 3 is 2.79 bits per heavy atom. The quantitative estimate of drug-likeness (QED) is 0.930. The smallest absolute Gasteiger partial charge is 0.228 e. The fraction of sp³-hybridized carbons (Fsp3) is 0.167. The lowest BCUT2D eigenvalue weighted by Gasteiger charge is -2.07. The van der Waals surface area contributed by atoms with E-state index in [2.05, 4.69) is 5.32 Å². The first kappa shape index (κ1) is 15.1. The maximum absolute atomic E-state index is 13.3. The number of carbonyl (C=O) groups excluding carboxylic acids is 1. The molecule has 1 fully saturated rings. The Kier molecular flexibility index (Phi) is 3.31. The first-order valence-corrected chi connectivity index (χ1v) is 9.12. The van der Waals surface area contributed by atoms with Crippen molar-refractivity contribution in [1.82, 2.24) is 0 Å². The van der Waals surface area contributed by atoms with Crippen molar-refractivity contribution < 1.29 is 17.6 Å². The number of hydrogen-bond donors (Lipinski definition) is 1. The standard InChI is InChI=1S/C18H14FNO3S/c19-13-3-1-2-12(8-13)15-10-16(15)18(21)20-14-5-4-11-6-7-24(22,23)17(11)9-14/h1-9,15-16H,10H2,(H,20,21)/t15-,16-/m1/s1. The predicted molar refractivity (Wildman–Crippen MR) is 88.5 cm³/mol. The molecule has 1 aliphatic carbocycles. The van der Waals surface area contributed by atoms with Gasteiger partial charge in [0.2, 0.25) is 15.7 Å². The van der Waals surface area contributed by atoms with Crippen LogP contribution in [-0.4, -0.2) is 14.3 Å². The summed E-state index contributed by atoms with van der Waals surface area (Å²) < 4.78 is 37.0. The van der Waals surface area contributed by atoms with E-state index in [1.165, 1.54) is 24.3 Å². The van der Waals surface area contributed by atoms with Crippen LogP contribution in [0.5, 0.6) is 0 Å². The van der Waals surface area contributed by atoms with Crippen LogP contribution in [-0.2, 0) is 14.6 Å². The molecule has 0 saturated heterocycles. The van der Waals surface area contributed by atoms with Crippen molar-refractivity contribution in [3.63, 3.8) is 0 Å². The molecule has 1 amide bonds. The van der Waals surface area contributed by atoms with Crippen LogP contribution in [0.1, 0.15) is 23.5 Å². The van der Waals surface area contributed by atoms with E-state index in [1.54, 1.807) is 18.2 Å². The number of amides is 1. The minimum absolute atomic E-state index is 0.0144. The molecule has 4 rings (SSSR count). The highest BCUT2D eigenvalue weighted by atomic mass is 32.2. The summed E-state index contributed by atoms with van der Waals surface area (Å²) in [5.41, 5.74) is 1.89. The van der Waals surface area contributed by atoms with Crippen LogP contribution in [0, 0.1) is 11.7 Å². The number of rotatable bonds is 3. The van der Waals surface area contributed by atoms with Crippen molar-refractivity contribution >= 4 is 27.5 Å². The van der Waals surface area contributed by atoms with Crippen LogP contribution < -0.4 is 5.32 Å². The van der Waals surface area contributed by atoms with Crippen molar-refractivity contribution in [2.24, 2.45) is 5.92 Å². The van der Waals surface area contributed by atoms with Crippen molar-refractivity contribution in [3.05, 3.63) is 64.8 Å². The van der Waals surface area contributed by atoms with E-state index in [4.69, 9.17) is 0 Å². The summed E-state index contributed by atoms with van der Waals surface area (Å²) in [6.07, 6.45) is 2.21. The SMILES string of the molecule is O=C(Nc1ccc2c(c1)S(=O)(=O)C=C2)[C@@H]1C[C@@H]1c1cccc(F)c1. The number of hydrogen-bond acceptors (Lipinski definition) is 3. The summed E-state index contributed by atoms with van der Waals surface area (Å²) in [6.45, 7) is 0. The number of anilines is 1. The lowest BCUT2D eigenvalue weighted by atomic mass is 10.1. The van der Waals surface area contributed by atoms with Crippen LogP contribution in [0.25, 0.3) is 6.08 Å². The summed E-state index contributed by atoms with van der Waals surface area (Å²) in [7, 11) is -3.40. The van der Waals surface area contributed by atoms with Crippen LogP contribution >= 0.6 is 0 Å².